The Balaban J connectivity index is -0.000000163. The van der Waals surface area contributed by atoms with Gasteiger partial charge in [0.1, 0.15) is 5.75 Å². The Morgan fingerprint density at radius 2 is 1.58 bits per heavy atom. The van der Waals surface area contributed by atoms with Crippen molar-refractivity contribution in [3.8, 4) is 5.75 Å². The maximum atomic E-state index is 11.5. The summed E-state index contributed by atoms with van der Waals surface area (Å²) >= 11 is 0. The van der Waals surface area contributed by atoms with E-state index in [1.807, 2.05) is 72.7 Å². The van der Waals surface area contributed by atoms with E-state index in [4.69, 9.17) is 5.11 Å². The maximum Gasteiger partial charge on any atom is 0.451 e. The largest absolute Gasteiger partial charge is 0.508 e. The van der Waals surface area contributed by atoms with Gasteiger partial charge in [-0.15, -0.1) is 0 Å². The number of para-hydroxylation sites is 1. The minimum Gasteiger partial charge on any atom is -0.508 e. The molecule has 4 nitrogen and oxygen atoms in total. The van der Waals surface area contributed by atoms with Gasteiger partial charge in [0.2, 0.25) is 5.84 Å². The number of nitrogens with zero attached hydrogens (tertiary/aromatic N) is 2. The third-order valence-electron chi connectivity index (χ3n) is 3.16. The lowest BCUT2D eigenvalue weighted by atomic mass is 10.1. The van der Waals surface area contributed by atoms with Crippen LogP contribution in [0.2, 0.25) is 0 Å². The quantitative estimate of drug-likeness (QED) is 0.227. The van der Waals surface area contributed by atoms with Crippen LogP contribution in [0.1, 0.15) is 60.5 Å². The standard InChI is InChI=1S/C9H14O.C7H8O.C4H5F3N2.2C2H6/c1-5-7(2)6-8(3)9(4)10;1-6-4-2-3-5-7(6)8;1-8-3(9-2)4(5,6)7;2*1-2/h6H,2,5H2,1,3-4H3;2-5,8H,1H3;1H2,2H3;2*1-2H3/b8-6+;;;;. The van der Waals surface area contributed by atoms with E-state index < -0.39 is 12.0 Å². The van der Waals surface area contributed by atoms with Crippen LogP contribution in [0.4, 0.5) is 13.2 Å². The van der Waals surface area contributed by atoms with Gasteiger partial charge in [-0.3, -0.25) is 9.79 Å². The first kappa shape index (κ1) is 35.7. The summed E-state index contributed by atoms with van der Waals surface area (Å²) in [7, 11) is 1.01. The number of halogens is 3. The normalized spacial score (nSPS) is 10.3. The highest BCUT2D eigenvalue weighted by Crippen LogP contribution is 2.17. The predicted molar refractivity (Wildman–Crippen MR) is 128 cm³/mol. The Hall–Kier alpha value is -2.70. The number of Topliss-reactive ketones (excluding diaryl/α,β-unsaturated/α-hetero) is 1. The Labute approximate surface area is 186 Å². The first-order chi connectivity index (χ1) is 14.4. The lowest BCUT2D eigenvalue weighted by Gasteiger charge is -2.01. The molecule has 31 heavy (non-hydrogen) atoms. The third-order valence-corrected chi connectivity index (χ3v) is 3.16. The van der Waals surface area contributed by atoms with E-state index in [2.05, 4.69) is 23.3 Å². The second-order valence-electron chi connectivity index (χ2n) is 5.38. The molecule has 0 heterocycles. The summed E-state index contributed by atoms with van der Waals surface area (Å²) in [6, 6.07) is 7.25. The Morgan fingerprint density at radius 1 is 1.13 bits per heavy atom. The van der Waals surface area contributed by atoms with Crippen LogP contribution >= 0.6 is 0 Å². The highest BCUT2D eigenvalue weighted by Gasteiger charge is 2.34. The van der Waals surface area contributed by atoms with Gasteiger partial charge in [-0.05, 0) is 51.1 Å². The van der Waals surface area contributed by atoms with Gasteiger partial charge in [-0.2, -0.15) is 13.2 Å². The number of ketones is 1. The summed E-state index contributed by atoms with van der Waals surface area (Å²) in [5.41, 5.74) is 2.71. The van der Waals surface area contributed by atoms with Crippen LogP contribution in [-0.4, -0.2) is 36.7 Å². The summed E-state index contributed by atoms with van der Waals surface area (Å²) < 4.78 is 34.4. The molecule has 7 heteroatoms. The van der Waals surface area contributed by atoms with Crippen molar-refractivity contribution in [1.82, 2.24) is 0 Å². The monoisotopic (exact) mass is 444 g/mol. The van der Waals surface area contributed by atoms with Crippen molar-refractivity contribution in [3.63, 3.8) is 0 Å². The number of alkyl halides is 3. The van der Waals surface area contributed by atoms with E-state index in [-0.39, 0.29) is 5.78 Å². The molecule has 1 N–H and O–H groups in total. The minimum absolute atomic E-state index is 0.120. The molecule has 0 aliphatic carbocycles. The zero-order valence-corrected chi connectivity index (χ0v) is 20.4. The maximum absolute atomic E-state index is 11.5. The van der Waals surface area contributed by atoms with E-state index in [0.717, 1.165) is 30.2 Å². The number of benzene rings is 1. The second-order valence-corrected chi connectivity index (χ2v) is 5.38. The molecule has 0 saturated carbocycles. The smallest absolute Gasteiger partial charge is 0.451 e. The molecule has 0 aromatic heterocycles. The van der Waals surface area contributed by atoms with Crippen molar-refractivity contribution in [2.45, 2.75) is 68.0 Å². The highest BCUT2D eigenvalue weighted by atomic mass is 19.4. The number of carbonyl (C=O) groups excluding carboxylic acids is 1. The third kappa shape index (κ3) is 21.8. The first-order valence-electron chi connectivity index (χ1n) is 10.0. The van der Waals surface area contributed by atoms with Gasteiger partial charge in [-0.1, -0.05) is 71.0 Å². The number of rotatable bonds is 3. The average Bonchev–Trinajstić information content (AvgIpc) is 2.73. The average molecular weight is 445 g/mol. The molecular formula is C24H39F3N2O2. The number of amidine groups is 1. The van der Waals surface area contributed by atoms with Gasteiger partial charge in [0.15, 0.2) is 5.78 Å². The molecule has 0 aliphatic rings. The number of carbonyl (C=O) groups is 1. The molecular weight excluding hydrogens is 405 g/mol. The highest BCUT2D eigenvalue weighted by molar-refractivity contribution is 5.93. The lowest BCUT2D eigenvalue weighted by molar-refractivity contribution is -0.113. The van der Waals surface area contributed by atoms with Crippen molar-refractivity contribution in [1.29, 1.82) is 0 Å². The van der Waals surface area contributed by atoms with Crippen LogP contribution in [0.15, 0.2) is 58.1 Å². The number of hydrogen-bond donors (Lipinski definition) is 1. The molecule has 1 aromatic rings. The first-order valence-corrected chi connectivity index (χ1v) is 10.0. The number of phenols is 1. The Morgan fingerprint density at radius 3 is 1.77 bits per heavy atom. The molecule has 0 unspecified atom stereocenters. The molecule has 1 rings (SSSR count). The van der Waals surface area contributed by atoms with Gasteiger partial charge in [-0.25, -0.2) is 4.99 Å². The van der Waals surface area contributed by atoms with Crippen LogP contribution in [-0.2, 0) is 4.79 Å². The van der Waals surface area contributed by atoms with Crippen molar-refractivity contribution < 1.29 is 23.1 Å². The summed E-state index contributed by atoms with van der Waals surface area (Å²) in [5.74, 6) is -0.704. The fraction of sp³-hybridized carbons (Fsp3) is 0.458. The molecule has 1 aromatic carbocycles. The molecule has 0 spiro atoms. The van der Waals surface area contributed by atoms with Crippen LogP contribution in [0, 0.1) is 6.92 Å². The van der Waals surface area contributed by atoms with E-state index in [0.29, 0.717) is 5.75 Å². The lowest BCUT2D eigenvalue weighted by Crippen LogP contribution is -2.20. The summed E-state index contributed by atoms with van der Waals surface area (Å²) in [4.78, 5) is 16.2. The van der Waals surface area contributed by atoms with Crippen molar-refractivity contribution in [2.24, 2.45) is 9.98 Å². The second kappa shape index (κ2) is 22.0. The number of aryl methyl sites for hydroxylation is 1. The van der Waals surface area contributed by atoms with Gasteiger partial charge in [0.05, 0.1) is 0 Å². The molecule has 0 radical (unpaired) electrons. The number of hydrogen-bond acceptors (Lipinski definition) is 3. The van der Waals surface area contributed by atoms with E-state index >= 15 is 0 Å². The number of aliphatic imine (C=N–C) groups is 2. The Kier molecular flexibility index (Phi) is 25.3. The molecule has 0 fully saturated rings. The van der Waals surface area contributed by atoms with E-state index in [1.165, 1.54) is 0 Å². The number of allylic oxidation sites excluding steroid dienone is 3. The van der Waals surface area contributed by atoms with Gasteiger partial charge in [0.25, 0.3) is 0 Å². The fourth-order valence-corrected chi connectivity index (χ4v) is 1.36. The van der Waals surface area contributed by atoms with E-state index in [9.17, 15) is 18.0 Å². The van der Waals surface area contributed by atoms with Crippen LogP contribution in [0.5, 0.6) is 5.75 Å². The zero-order valence-electron chi connectivity index (χ0n) is 20.4. The summed E-state index contributed by atoms with van der Waals surface area (Å²) in [6.07, 6.45) is -1.72. The molecule has 0 bridgehead atoms. The van der Waals surface area contributed by atoms with Gasteiger partial charge >= 0.3 is 6.18 Å². The van der Waals surface area contributed by atoms with Crippen molar-refractivity contribution in [3.05, 3.63) is 53.6 Å². The van der Waals surface area contributed by atoms with E-state index in [1.54, 1.807) is 13.0 Å². The number of aromatic hydroxyl groups is 1. The molecule has 0 saturated heterocycles. The predicted octanol–water partition coefficient (Wildman–Crippen LogP) is 7.52. The zero-order chi connectivity index (χ0) is 25.6. The Bertz CT molecular complexity index is 671. The van der Waals surface area contributed by atoms with Gasteiger partial charge in [0, 0.05) is 7.05 Å². The van der Waals surface area contributed by atoms with Crippen LogP contribution < -0.4 is 0 Å². The topological polar surface area (TPSA) is 62.0 Å². The van der Waals surface area contributed by atoms with Crippen LogP contribution in [0.3, 0.4) is 0 Å². The fourth-order valence-electron chi connectivity index (χ4n) is 1.36. The van der Waals surface area contributed by atoms with Crippen LogP contribution in [0.25, 0.3) is 0 Å². The minimum atomic E-state index is -4.46. The molecule has 0 atom stereocenters. The van der Waals surface area contributed by atoms with Gasteiger partial charge < -0.3 is 5.11 Å². The molecule has 178 valence electrons. The molecule has 0 amide bonds. The SMILES string of the molecule is C=C(/C=C(\C)C(C)=O)CC.C=NC(=NC)C(F)(F)F.CC.CC.Cc1ccccc1O. The summed E-state index contributed by atoms with van der Waals surface area (Å²) in [6.45, 7) is 21.7. The number of phenolic OH excluding ortho intramolecular Hbond substituents is 1. The molecule has 0 aliphatic heterocycles. The summed E-state index contributed by atoms with van der Waals surface area (Å²) in [5, 5.41) is 8.92. The van der Waals surface area contributed by atoms with Crippen molar-refractivity contribution in [2.75, 3.05) is 7.05 Å². The van der Waals surface area contributed by atoms with Crippen molar-refractivity contribution >= 4 is 18.3 Å².